The zero-order valence-electron chi connectivity index (χ0n) is 10.2. The normalized spacial score (nSPS) is 11.2. The van der Waals surface area contributed by atoms with E-state index in [0.29, 0.717) is 0 Å². The van der Waals surface area contributed by atoms with Gasteiger partial charge < -0.3 is 5.73 Å². The Hall–Kier alpha value is -3.03. The van der Waals surface area contributed by atoms with Crippen LogP contribution in [-0.4, -0.2) is 11.2 Å². The van der Waals surface area contributed by atoms with E-state index in [0.717, 1.165) is 16.9 Å². The van der Waals surface area contributed by atoms with Crippen LogP contribution in [0.25, 0.3) is 0 Å². The van der Waals surface area contributed by atoms with Gasteiger partial charge in [-0.2, -0.15) is 20.6 Å². The molecule has 0 aliphatic carbocycles. The molecule has 6 nitrogen and oxygen atoms in total. The molecule has 1 aromatic heterocycles. The number of nitriles is 2. The second kappa shape index (κ2) is 6.23. The Morgan fingerprint density at radius 2 is 1.95 bits per heavy atom. The molecule has 1 aromatic carbocycles. The summed E-state index contributed by atoms with van der Waals surface area (Å²) in [6.45, 7) is 0. The Balaban J connectivity index is 2.37. The summed E-state index contributed by atoms with van der Waals surface area (Å²) in [5.74, 6) is -0.0172. The molecule has 7 heteroatoms. The van der Waals surface area contributed by atoms with Crippen LogP contribution in [0.1, 0.15) is 16.0 Å². The summed E-state index contributed by atoms with van der Waals surface area (Å²) in [4.78, 5) is 4.33. The van der Waals surface area contributed by atoms with Gasteiger partial charge in [0, 0.05) is 0 Å². The van der Waals surface area contributed by atoms with Gasteiger partial charge in [-0.3, -0.25) is 0 Å². The highest BCUT2D eigenvalue weighted by atomic mass is 32.1. The van der Waals surface area contributed by atoms with Crippen molar-refractivity contribution in [2.24, 2.45) is 10.2 Å². The van der Waals surface area contributed by atoms with E-state index in [4.69, 9.17) is 16.3 Å². The van der Waals surface area contributed by atoms with E-state index >= 15 is 0 Å². The smallest absolute Gasteiger partial charge is 0.233 e. The number of nitrogens with two attached hydrogens (primary N) is 1. The van der Waals surface area contributed by atoms with Crippen LogP contribution in [0.15, 0.2) is 40.5 Å². The molecule has 20 heavy (non-hydrogen) atoms. The largest absolute Gasteiger partial charge is 0.382 e. The van der Waals surface area contributed by atoms with Gasteiger partial charge in [0.2, 0.25) is 4.80 Å². The quantitative estimate of drug-likeness (QED) is 0.662. The minimum Gasteiger partial charge on any atom is -0.382 e. The first-order valence-electron chi connectivity index (χ1n) is 5.47. The van der Waals surface area contributed by atoms with Gasteiger partial charge in [0.15, 0.2) is 0 Å². The van der Waals surface area contributed by atoms with Gasteiger partial charge in [0.05, 0.1) is 6.21 Å². The molecule has 2 rings (SSSR count). The minimum atomic E-state index is -0.0172. The monoisotopic (exact) mass is 280 g/mol. The summed E-state index contributed by atoms with van der Waals surface area (Å²) >= 11 is 0.968. The number of nitrogen functional groups attached to an aromatic ring is 1. The SMILES string of the molecule is N#Cc1s/c(=N\N=C\c2ccccc2)nc(N)c1C#N. The Kier molecular flexibility index (Phi) is 4.17. The lowest BCUT2D eigenvalue weighted by molar-refractivity contribution is 1.10. The van der Waals surface area contributed by atoms with Crippen LogP contribution in [0.5, 0.6) is 0 Å². The minimum absolute atomic E-state index is 0.0172. The second-order valence-electron chi connectivity index (χ2n) is 3.56. The Morgan fingerprint density at radius 3 is 2.60 bits per heavy atom. The fourth-order valence-corrected chi connectivity index (χ4v) is 2.07. The maximum absolute atomic E-state index is 8.95. The first kappa shape index (κ1) is 13.4. The van der Waals surface area contributed by atoms with E-state index < -0.39 is 0 Å². The van der Waals surface area contributed by atoms with Crippen molar-refractivity contribution in [2.75, 3.05) is 5.73 Å². The lowest BCUT2D eigenvalue weighted by atomic mass is 10.2. The van der Waals surface area contributed by atoms with Crippen molar-refractivity contribution < 1.29 is 0 Å². The molecule has 0 saturated carbocycles. The van der Waals surface area contributed by atoms with Crippen LogP contribution >= 0.6 is 11.3 Å². The van der Waals surface area contributed by atoms with Gasteiger partial charge in [0.25, 0.3) is 0 Å². The number of aromatic nitrogens is 1. The van der Waals surface area contributed by atoms with Crippen molar-refractivity contribution in [3.8, 4) is 12.1 Å². The Bertz CT molecular complexity index is 792. The van der Waals surface area contributed by atoms with Crippen molar-refractivity contribution in [1.29, 1.82) is 10.5 Å². The van der Waals surface area contributed by atoms with Crippen LogP contribution in [0.3, 0.4) is 0 Å². The molecule has 0 saturated heterocycles. The molecule has 2 aromatic rings. The number of rotatable bonds is 2. The molecule has 0 unspecified atom stereocenters. The van der Waals surface area contributed by atoms with E-state index in [1.807, 2.05) is 42.5 Å². The van der Waals surface area contributed by atoms with Crippen molar-refractivity contribution in [2.45, 2.75) is 0 Å². The molecule has 0 bridgehead atoms. The van der Waals surface area contributed by atoms with Gasteiger partial charge in [0.1, 0.15) is 28.4 Å². The van der Waals surface area contributed by atoms with Gasteiger partial charge >= 0.3 is 0 Å². The first-order valence-corrected chi connectivity index (χ1v) is 6.29. The topological polar surface area (TPSA) is 111 Å². The van der Waals surface area contributed by atoms with Gasteiger partial charge in [-0.1, -0.05) is 41.7 Å². The molecule has 2 N–H and O–H groups in total. The van der Waals surface area contributed by atoms with E-state index in [1.54, 1.807) is 6.21 Å². The second-order valence-corrected chi connectivity index (χ2v) is 4.54. The zero-order valence-corrected chi connectivity index (χ0v) is 11.0. The molecule has 0 atom stereocenters. The summed E-state index contributed by atoms with van der Waals surface area (Å²) in [6, 6.07) is 13.2. The average molecular weight is 280 g/mol. The number of hydrogen-bond donors (Lipinski definition) is 1. The van der Waals surface area contributed by atoms with Crippen molar-refractivity contribution >= 4 is 23.4 Å². The third-order valence-electron chi connectivity index (χ3n) is 2.26. The van der Waals surface area contributed by atoms with E-state index in [9.17, 15) is 0 Å². The Labute approximate surface area is 118 Å². The first-order chi connectivity index (χ1) is 9.74. The predicted molar refractivity (Wildman–Crippen MR) is 75.6 cm³/mol. The molecule has 0 spiro atoms. The zero-order chi connectivity index (χ0) is 14.4. The van der Waals surface area contributed by atoms with E-state index in [-0.39, 0.29) is 21.1 Å². The molecule has 96 valence electrons. The molecular weight excluding hydrogens is 272 g/mol. The molecule has 0 aliphatic heterocycles. The van der Waals surface area contributed by atoms with Crippen LogP contribution in [0, 0.1) is 22.7 Å². The fourth-order valence-electron chi connectivity index (χ4n) is 1.35. The molecule has 1 heterocycles. The summed E-state index contributed by atoms with van der Waals surface area (Å²) in [6.07, 6.45) is 1.56. The number of hydrogen-bond acceptors (Lipinski definition) is 7. The lowest BCUT2D eigenvalue weighted by Gasteiger charge is -1.95. The van der Waals surface area contributed by atoms with Crippen molar-refractivity contribution in [1.82, 2.24) is 4.98 Å². The Morgan fingerprint density at radius 1 is 1.20 bits per heavy atom. The van der Waals surface area contributed by atoms with Gasteiger partial charge in [-0.05, 0) is 5.56 Å². The van der Waals surface area contributed by atoms with Gasteiger partial charge in [-0.25, -0.2) is 0 Å². The summed E-state index contributed by atoms with van der Waals surface area (Å²) in [5.41, 5.74) is 6.57. The highest BCUT2D eigenvalue weighted by molar-refractivity contribution is 7.09. The molecule has 0 fully saturated rings. The molecular formula is C13H8N6S. The number of anilines is 1. The number of nitrogens with zero attached hydrogens (tertiary/aromatic N) is 5. The predicted octanol–water partition coefficient (Wildman–Crippen LogP) is 1.40. The summed E-state index contributed by atoms with van der Waals surface area (Å²) < 4.78 is 0. The summed E-state index contributed by atoms with van der Waals surface area (Å²) in [7, 11) is 0. The number of benzene rings is 1. The highest BCUT2D eigenvalue weighted by Crippen LogP contribution is 2.13. The van der Waals surface area contributed by atoms with Gasteiger partial charge in [-0.15, -0.1) is 5.10 Å². The molecule has 0 radical (unpaired) electrons. The average Bonchev–Trinajstić information content (AvgIpc) is 2.47. The van der Waals surface area contributed by atoms with Crippen LogP contribution in [0.4, 0.5) is 5.82 Å². The third kappa shape index (κ3) is 3.05. The van der Waals surface area contributed by atoms with Crippen LogP contribution < -0.4 is 10.5 Å². The standard InChI is InChI=1S/C13H8N6S/c14-6-10-11(7-15)20-13(18-12(10)16)19-17-8-9-4-2-1-3-5-9/h1-5,8H,(H2,16,18,19)/b17-8+. The van der Waals surface area contributed by atoms with Crippen LogP contribution in [0.2, 0.25) is 0 Å². The molecule has 0 amide bonds. The van der Waals surface area contributed by atoms with Crippen molar-refractivity contribution in [3.05, 3.63) is 51.1 Å². The van der Waals surface area contributed by atoms with Crippen LogP contribution in [-0.2, 0) is 0 Å². The lowest BCUT2D eigenvalue weighted by Crippen LogP contribution is -2.09. The highest BCUT2D eigenvalue weighted by Gasteiger charge is 2.08. The third-order valence-corrected chi connectivity index (χ3v) is 3.11. The van der Waals surface area contributed by atoms with E-state index in [1.165, 1.54) is 0 Å². The maximum Gasteiger partial charge on any atom is 0.233 e. The molecule has 0 aliphatic rings. The summed E-state index contributed by atoms with van der Waals surface area (Å²) in [5, 5.41) is 25.6. The van der Waals surface area contributed by atoms with E-state index in [2.05, 4.69) is 15.2 Å². The maximum atomic E-state index is 8.95. The fraction of sp³-hybridized carbons (Fsp3) is 0. The van der Waals surface area contributed by atoms with Crippen molar-refractivity contribution in [3.63, 3.8) is 0 Å².